The molecule has 7 heteroatoms. The lowest BCUT2D eigenvalue weighted by molar-refractivity contribution is -0.137. The Morgan fingerprint density at radius 3 is 2.35 bits per heavy atom. The highest BCUT2D eigenvalue weighted by atomic mass is 32.2. The second-order valence-corrected chi connectivity index (χ2v) is 11.1. The number of aromatic nitrogens is 1. The van der Waals surface area contributed by atoms with Crippen molar-refractivity contribution in [1.82, 2.24) is 4.98 Å². The van der Waals surface area contributed by atoms with Crippen LogP contribution in [0.5, 0.6) is 5.75 Å². The fraction of sp³-hybridized carbons (Fsp3) is 0.233. The van der Waals surface area contributed by atoms with Gasteiger partial charge in [-0.3, -0.25) is 4.79 Å². The van der Waals surface area contributed by atoms with Gasteiger partial charge in [0.05, 0.1) is 17.2 Å². The summed E-state index contributed by atoms with van der Waals surface area (Å²) >= 11 is 0. The summed E-state index contributed by atoms with van der Waals surface area (Å²) in [5, 5.41) is 10.3. The van der Waals surface area contributed by atoms with Crippen LogP contribution in [-0.4, -0.2) is 30.7 Å². The van der Waals surface area contributed by atoms with E-state index in [9.17, 15) is 18.3 Å². The number of rotatable bonds is 9. The van der Waals surface area contributed by atoms with Gasteiger partial charge in [-0.25, -0.2) is 8.42 Å². The molecule has 0 aliphatic heterocycles. The van der Waals surface area contributed by atoms with Crippen LogP contribution in [0.25, 0.3) is 10.9 Å². The second kappa shape index (κ2) is 10.9. The Labute approximate surface area is 217 Å². The van der Waals surface area contributed by atoms with Crippen LogP contribution >= 0.6 is 0 Å². The predicted octanol–water partition coefficient (Wildman–Crippen LogP) is 5.82. The van der Waals surface area contributed by atoms with E-state index in [0.29, 0.717) is 12.2 Å². The van der Waals surface area contributed by atoms with Gasteiger partial charge in [0.25, 0.3) is 0 Å². The van der Waals surface area contributed by atoms with Gasteiger partial charge in [0, 0.05) is 24.4 Å². The van der Waals surface area contributed by atoms with E-state index in [0.717, 1.165) is 33.2 Å². The minimum absolute atomic E-state index is 0.0670. The van der Waals surface area contributed by atoms with Crippen LogP contribution in [0, 0.1) is 18.8 Å². The third-order valence-electron chi connectivity index (χ3n) is 6.41. The zero-order valence-electron chi connectivity index (χ0n) is 21.0. The fourth-order valence-electron chi connectivity index (χ4n) is 4.49. The third kappa shape index (κ3) is 6.22. The number of carboxylic acid groups (broad SMARTS) is 1. The average Bonchev–Trinajstić information content (AvgIpc) is 3.34. The smallest absolute Gasteiger partial charge is 0.304 e. The van der Waals surface area contributed by atoms with Crippen molar-refractivity contribution in [3.63, 3.8) is 0 Å². The molecule has 3 aromatic carbocycles. The van der Waals surface area contributed by atoms with Crippen molar-refractivity contribution < 1.29 is 23.1 Å². The zero-order chi connectivity index (χ0) is 26.6. The number of carboxylic acids is 1. The van der Waals surface area contributed by atoms with Gasteiger partial charge in [-0.1, -0.05) is 42.3 Å². The first-order valence-electron chi connectivity index (χ1n) is 11.9. The highest BCUT2D eigenvalue weighted by molar-refractivity contribution is 7.90. The summed E-state index contributed by atoms with van der Waals surface area (Å²) in [4.78, 5) is 14.8. The highest BCUT2D eigenvalue weighted by Crippen LogP contribution is 2.32. The molecule has 0 saturated carbocycles. The standard InChI is InChI=1S/C30H29NO5S/c1-4-5-24(19-29(32)33)22-8-11-25(12-9-22)36-28(18-21-6-13-26(14-7-21)37(3,34)35)27-15-10-23-16-17-31-30(23)20(27)2/h6-17,24,28,31H,18-19H2,1-3H3,(H,32,33). The number of aryl methyl sites for hydroxylation is 1. The number of sulfone groups is 1. The number of hydrogen-bond acceptors (Lipinski definition) is 4. The van der Waals surface area contributed by atoms with E-state index in [-0.39, 0.29) is 17.4 Å². The lowest BCUT2D eigenvalue weighted by Crippen LogP contribution is -2.13. The Kier molecular flexibility index (Phi) is 7.70. The Balaban J connectivity index is 1.66. The molecule has 0 bridgehead atoms. The Morgan fingerprint density at radius 1 is 1.03 bits per heavy atom. The third-order valence-corrected chi connectivity index (χ3v) is 7.54. The van der Waals surface area contributed by atoms with Crippen molar-refractivity contribution in [2.24, 2.45) is 0 Å². The lowest BCUT2D eigenvalue weighted by atomic mass is 9.95. The largest absolute Gasteiger partial charge is 0.485 e. The summed E-state index contributed by atoms with van der Waals surface area (Å²) < 4.78 is 30.3. The maximum absolute atomic E-state index is 11.9. The van der Waals surface area contributed by atoms with Gasteiger partial charge >= 0.3 is 5.97 Å². The number of benzene rings is 3. The number of fused-ring (bicyclic) bond motifs is 1. The van der Waals surface area contributed by atoms with Crippen LogP contribution in [-0.2, 0) is 21.1 Å². The van der Waals surface area contributed by atoms with E-state index in [4.69, 9.17) is 4.74 Å². The van der Waals surface area contributed by atoms with Gasteiger partial charge in [-0.15, -0.1) is 5.92 Å². The quantitative estimate of drug-likeness (QED) is 0.274. The highest BCUT2D eigenvalue weighted by Gasteiger charge is 2.20. The fourth-order valence-corrected chi connectivity index (χ4v) is 5.12. The first-order valence-corrected chi connectivity index (χ1v) is 13.8. The molecule has 4 aromatic rings. The number of H-pyrrole nitrogens is 1. The minimum Gasteiger partial charge on any atom is -0.485 e. The monoisotopic (exact) mass is 515 g/mol. The summed E-state index contributed by atoms with van der Waals surface area (Å²) in [5.74, 6) is 5.14. The van der Waals surface area contributed by atoms with Gasteiger partial charge < -0.3 is 14.8 Å². The number of hydrogen-bond donors (Lipinski definition) is 2. The van der Waals surface area contributed by atoms with E-state index in [1.165, 1.54) is 6.26 Å². The number of aromatic amines is 1. The first kappa shape index (κ1) is 26.1. The molecule has 0 spiro atoms. The van der Waals surface area contributed by atoms with Crippen LogP contribution < -0.4 is 4.74 Å². The first-order chi connectivity index (χ1) is 17.7. The molecule has 190 valence electrons. The molecule has 2 N–H and O–H groups in total. The van der Waals surface area contributed by atoms with Crippen molar-refractivity contribution in [3.05, 3.63) is 95.2 Å². The maximum Gasteiger partial charge on any atom is 0.304 e. The second-order valence-electron chi connectivity index (χ2n) is 9.06. The lowest BCUT2D eigenvalue weighted by Gasteiger charge is -2.22. The van der Waals surface area contributed by atoms with Crippen LogP contribution in [0.3, 0.4) is 0 Å². The molecule has 1 heterocycles. The SMILES string of the molecule is CC#CC(CC(=O)O)c1ccc(OC(Cc2ccc(S(C)(=O)=O)cc2)c2ccc3cc[nH]c3c2C)cc1. The summed E-state index contributed by atoms with van der Waals surface area (Å²) in [6, 6.07) is 20.4. The molecule has 6 nitrogen and oxygen atoms in total. The summed E-state index contributed by atoms with van der Waals surface area (Å²) in [6.07, 6.45) is 3.23. The zero-order valence-corrected chi connectivity index (χ0v) is 21.8. The molecule has 0 aliphatic carbocycles. The van der Waals surface area contributed by atoms with Crippen molar-refractivity contribution in [3.8, 4) is 17.6 Å². The molecular formula is C30H29NO5S. The van der Waals surface area contributed by atoms with E-state index in [2.05, 4.69) is 35.9 Å². The molecular weight excluding hydrogens is 486 g/mol. The van der Waals surface area contributed by atoms with Crippen LogP contribution in [0.4, 0.5) is 0 Å². The van der Waals surface area contributed by atoms with E-state index in [1.54, 1.807) is 19.1 Å². The predicted molar refractivity (Wildman–Crippen MR) is 145 cm³/mol. The van der Waals surface area contributed by atoms with Gasteiger partial charge in [0.15, 0.2) is 9.84 Å². The van der Waals surface area contributed by atoms with Gasteiger partial charge in [-0.05, 0) is 71.8 Å². The van der Waals surface area contributed by atoms with Gasteiger partial charge in [-0.2, -0.15) is 0 Å². The van der Waals surface area contributed by atoms with Crippen LogP contribution in [0.2, 0.25) is 0 Å². The summed E-state index contributed by atoms with van der Waals surface area (Å²) in [5.41, 5.74) is 4.91. The minimum atomic E-state index is -3.28. The Morgan fingerprint density at radius 2 is 1.73 bits per heavy atom. The van der Waals surface area contributed by atoms with Crippen molar-refractivity contribution in [2.45, 2.75) is 43.6 Å². The van der Waals surface area contributed by atoms with E-state index >= 15 is 0 Å². The number of ether oxygens (including phenoxy) is 1. The number of nitrogens with one attached hydrogen (secondary N) is 1. The van der Waals surface area contributed by atoms with Gasteiger partial charge in [0.2, 0.25) is 0 Å². The molecule has 2 atom stereocenters. The van der Waals surface area contributed by atoms with Crippen LogP contribution in [0.15, 0.2) is 77.8 Å². The van der Waals surface area contributed by atoms with Gasteiger partial charge in [0.1, 0.15) is 11.9 Å². The summed E-state index contributed by atoms with van der Waals surface area (Å²) in [7, 11) is -3.28. The molecule has 2 unspecified atom stereocenters. The molecule has 4 rings (SSSR count). The molecule has 0 saturated heterocycles. The number of carbonyl (C=O) groups is 1. The molecule has 0 fully saturated rings. The molecule has 37 heavy (non-hydrogen) atoms. The van der Waals surface area contributed by atoms with Crippen LogP contribution in [0.1, 0.15) is 47.6 Å². The molecule has 0 radical (unpaired) electrons. The summed E-state index contributed by atoms with van der Waals surface area (Å²) in [6.45, 7) is 3.75. The molecule has 1 aromatic heterocycles. The number of aliphatic carboxylic acids is 1. The van der Waals surface area contributed by atoms with E-state index < -0.39 is 21.7 Å². The van der Waals surface area contributed by atoms with E-state index in [1.807, 2.05) is 48.7 Å². The molecule has 0 amide bonds. The normalized spacial score (nSPS) is 12.9. The maximum atomic E-state index is 11.9. The van der Waals surface area contributed by atoms with Crippen molar-refractivity contribution >= 4 is 26.7 Å². The average molecular weight is 516 g/mol. The Bertz CT molecular complexity index is 1570. The molecule has 0 aliphatic rings. The van der Waals surface area contributed by atoms with Crippen molar-refractivity contribution in [1.29, 1.82) is 0 Å². The van der Waals surface area contributed by atoms with Crippen molar-refractivity contribution in [2.75, 3.05) is 6.26 Å². The topological polar surface area (TPSA) is 96.5 Å². The Hall–Kier alpha value is -4.02.